The average Bonchev–Trinajstić information content (AvgIpc) is 2.68. The number of nitrogens with zero attached hydrogens (tertiary/aromatic N) is 2. The molecule has 1 aliphatic rings. The fourth-order valence-corrected chi connectivity index (χ4v) is 3.74. The molecular formula is C22H31N3O2. The first kappa shape index (κ1) is 19.5. The van der Waals surface area contributed by atoms with Gasteiger partial charge in [-0.2, -0.15) is 4.98 Å². The van der Waals surface area contributed by atoms with Crippen LogP contribution in [0.25, 0.3) is 11.3 Å². The first-order valence-electron chi connectivity index (χ1n) is 10.3. The summed E-state index contributed by atoms with van der Waals surface area (Å²) in [5.41, 5.74) is 4.21. The summed E-state index contributed by atoms with van der Waals surface area (Å²) in [5.74, 6) is 1.13. The van der Waals surface area contributed by atoms with Crippen LogP contribution in [-0.4, -0.2) is 22.7 Å². The summed E-state index contributed by atoms with van der Waals surface area (Å²) in [5, 5.41) is 3.62. The van der Waals surface area contributed by atoms with Crippen molar-refractivity contribution in [1.82, 2.24) is 9.55 Å². The van der Waals surface area contributed by atoms with E-state index in [0.29, 0.717) is 19.0 Å². The lowest BCUT2D eigenvalue weighted by atomic mass is 9.96. The normalized spacial score (nSPS) is 13.6. The topological polar surface area (TPSA) is 56.1 Å². The van der Waals surface area contributed by atoms with Crippen molar-refractivity contribution in [3.05, 3.63) is 40.3 Å². The Labute approximate surface area is 161 Å². The van der Waals surface area contributed by atoms with Gasteiger partial charge in [-0.15, -0.1) is 0 Å². The van der Waals surface area contributed by atoms with Gasteiger partial charge in [-0.1, -0.05) is 39.2 Å². The van der Waals surface area contributed by atoms with E-state index < -0.39 is 0 Å². The van der Waals surface area contributed by atoms with Crippen LogP contribution in [0.4, 0.5) is 5.69 Å². The Balaban J connectivity index is 1.80. The van der Waals surface area contributed by atoms with Crippen LogP contribution >= 0.6 is 0 Å². The molecule has 1 aliphatic heterocycles. The average molecular weight is 370 g/mol. The number of hydrogen-bond donors (Lipinski definition) is 1. The number of anilines is 1. The standard InChI is InChI=1S/C22H31N3O2/c1-4-7-8-16(5-2)15-23-18-9-10-19-17(13-18)11-12-25-20(19)14-21(27-6-3)24-22(25)26/h9-10,13-14,16,23H,4-8,11-12,15H2,1-3H3. The van der Waals surface area contributed by atoms with E-state index >= 15 is 0 Å². The second-order valence-electron chi connectivity index (χ2n) is 7.27. The van der Waals surface area contributed by atoms with Gasteiger partial charge in [-0.25, -0.2) is 4.79 Å². The first-order valence-corrected chi connectivity index (χ1v) is 10.3. The van der Waals surface area contributed by atoms with Crippen molar-refractivity contribution in [3.8, 4) is 17.1 Å². The zero-order valence-corrected chi connectivity index (χ0v) is 16.8. The van der Waals surface area contributed by atoms with E-state index in [9.17, 15) is 4.79 Å². The number of hydrogen-bond acceptors (Lipinski definition) is 4. The molecule has 0 radical (unpaired) electrons. The lowest BCUT2D eigenvalue weighted by Crippen LogP contribution is -2.28. The van der Waals surface area contributed by atoms with Crippen molar-refractivity contribution < 1.29 is 4.74 Å². The largest absolute Gasteiger partial charge is 0.478 e. The molecule has 5 heteroatoms. The van der Waals surface area contributed by atoms with Gasteiger partial charge in [0.15, 0.2) is 0 Å². The Morgan fingerprint density at radius 1 is 1.26 bits per heavy atom. The van der Waals surface area contributed by atoms with Crippen molar-refractivity contribution in [1.29, 1.82) is 0 Å². The Morgan fingerprint density at radius 3 is 2.85 bits per heavy atom. The molecule has 2 heterocycles. The first-order chi connectivity index (χ1) is 13.2. The zero-order valence-electron chi connectivity index (χ0n) is 16.8. The van der Waals surface area contributed by atoms with Gasteiger partial charge in [-0.05, 0) is 43.4 Å². The molecule has 0 saturated carbocycles. The van der Waals surface area contributed by atoms with Gasteiger partial charge in [0.2, 0.25) is 5.88 Å². The highest BCUT2D eigenvalue weighted by atomic mass is 16.5. The van der Waals surface area contributed by atoms with Gasteiger partial charge in [0.25, 0.3) is 0 Å². The number of rotatable bonds is 9. The quantitative estimate of drug-likeness (QED) is 0.707. The van der Waals surface area contributed by atoms with Crippen molar-refractivity contribution in [3.63, 3.8) is 0 Å². The van der Waals surface area contributed by atoms with Gasteiger partial charge >= 0.3 is 5.69 Å². The maximum Gasteiger partial charge on any atom is 0.351 e. The Morgan fingerprint density at radius 2 is 2.11 bits per heavy atom. The molecule has 1 unspecified atom stereocenters. The molecule has 1 aromatic heterocycles. The summed E-state index contributed by atoms with van der Waals surface area (Å²) in [4.78, 5) is 16.3. The highest BCUT2D eigenvalue weighted by Crippen LogP contribution is 2.31. The third kappa shape index (κ3) is 4.52. The minimum atomic E-state index is -0.231. The summed E-state index contributed by atoms with van der Waals surface area (Å²) in [7, 11) is 0. The molecule has 1 aromatic carbocycles. The summed E-state index contributed by atoms with van der Waals surface area (Å²) in [6.07, 6.45) is 5.90. The van der Waals surface area contributed by atoms with Crippen LogP contribution in [0.3, 0.4) is 0 Å². The number of benzene rings is 1. The summed E-state index contributed by atoms with van der Waals surface area (Å²) in [6, 6.07) is 8.35. The predicted octanol–water partition coefficient (Wildman–Crippen LogP) is 4.49. The minimum Gasteiger partial charge on any atom is -0.478 e. The molecule has 3 rings (SSSR count). The molecule has 0 amide bonds. The maximum absolute atomic E-state index is 12.3. The van der Waals surface area contributed by atoms with Gasteiger partial charge in [-0.3, -0.25) is 4.57 Å². The summed E-state index contributed by atoms with van der Waals surface area (Å²) in [6.45, 7) is 8.60. The van der Waals surface area contributed by atoms with E-state index in [1.54, 1.807) is 4.57 Å². The molecule has 0 saturated heterocycles. The number of ether oxygens (including phenoxy) is 1. The highest BCUT2D eigenvalue weighted by molar-refractivity contribution is 5.69. The Hall–Kier alpha value is -2.30. The van der Waals surface area contributed by atoms with Gasteiger partial charge in [0, 0.05) is 30.4 Å². The molecular weight excluding hydrogens is 338 g/mol. The maximum atomic E-state index is 12.3. The van der Waals surface area contributed by atoms with Crippen LogP contribution in [0, 0.1) is 5.92 Å². The highest BCUT2D eigenvalue weighted by Gasteiger charge is 2.19. The van der Waals surface area contributed by atoms with Gasteiger partial charge in [0.05, 0.1) is 12.3 Å². The zero-order chi connectivity index (χ0) is 19.2. The van der Waals surface area contributed by atoms with Crippen LogP contribution in [0.1, 0.15) is 52.0 Å². The summed E-state index contributed by atoms with van der Waals surface area (Å²) < 4.78 is 7.21. The third-order valence-electron chi connectivity index (χ3n) is 5.40. The number of fused-ring (bicyclic) bond motifs is 3. The van der Waals surface area contributed by atoms with Crippen molar-refractivity contribution >= 4 is 5.69 Å². The van der Waals surface area contributed by atoms with E-state index in [4.69, 9.17) is 4.74 Å². The lowest BCUT2D eigenvalue weighted by Gasteiger charge is -2.23. The minimum absolute atomic E-state index is 0.231. The fourth-order valence-electron chi connectivity index (χ4n) is 3.74. The molecule has 2 aromatic rings. The predicted molar refractivity (Wildman–Crippen MR) is 111 cm³/mol. The second kappa shape index (κ2) is 9.07. The number of nitrogens with one attached hydrogen (secondary N) is 1. The fraction of sp³-hybridized carbons (Fsp3) is 0.545. The lowest BCUT2D eigenvalue weighted by molar-refractivity contribution is 0.323. The third-order valence-corrected chi connectivity index (χ3v) is 5.40. The molecule has 5 nitrogen and oxygen atoms in total. The molecule has 0 fully saturated rings. The summed E-state index contributed by atoms with van der Waals surface area (Å²) >= 11 is 0. The van der Waals surface area contributed by atoms with Crippen LogP contribution in [-0.2, 0) is 13.0 Å². The molecule has 0 bridgehead atoms. The van der Waals surface area contributed by atoms with E-state index in [-0.39, 0.29) is 5.69 Å². The van der Waals surface area contributed by atoms with E-state index in [0.717, 1.165) is 30.1 Å². The Kier molecular flexibility index (Phi) is 6.54. The number of aryl methyl sites for hydroxylation is 1. The number of aromatic nitrogens is 2. The Bertz CT molecular complexity index is 829. The van der Waals surface area contributed by atoms with E-state index in [2.05, 4.69) is 42.3 Å². The van der Waals surface area contributed by atoms with Crippen LogP contribution in [0.15, 0.2) is 29.1 Å². The van der Waals surface area contributed by atoms with Crippen molar-refractivity contribution in [2.45, 2.75) is 59.4 Å². The van der Waals surface area contributed by atoms with Crippen LogP contribution in [0.2, 0.25) is 0 Å². The smallest absolute Gasteiger partial charge is 0.351 e. The molecule has 0 aliphatic carbocycles. The molecule has 1 N–H and O–H groups in total. The van der Waals surface area contributed by atoms with Crippen molar-refractivity contribution in [2.75, 3.05) is 18.5 Å². The van der Waals surface area contributed by atoms with E-state index in [1.807, 2.05) is 13.0 Å². The molecule has 1 atom stereocenters. The molecule has 27 heavy (non-hydrogen) atoms. The second-order valence-corrected chi connectivity index (χ2v) is 7.27. The number of unbranched alkanes of at least 4 members (excludes halogenated alkanes) is 1. The molecule has 0 spiro atoms. The van der Waals surface area contributed by atoms with Crippen LogP contribution in [0.5, 0.6) is 5.88 Å². The van der Waals surface area contributed by atoms with Gasteiger partial charge in [0.1, 0.15) is 0 Å². The molecule has 146 valence electrons. The van der Waals surface area contributed by atoms with Crippen LogP contribution < -0.4 is 15.7 Å². The van der Waals surface area contributed by atoms with E-state index in [1.165, 1.54) is 36.9 Å². The van der Waals surface area contributed by atoms with Crippen molar-refractivity contribution in [2.24, 2.45) is 5.92 Å². The SMILES string of the molecule is CCCCC(CC)CNc1ccc2c(c1)CCn1c-2cc(OCC)nc1=O. The van der Waals surface area contributed by atoms with Gasteiger partial charge < -0.3 is 10.1 Å². The monoisotopic (exact) mass is 369 g/mol.